The molecular weight excluding hydrogens is 390 g/mol. The molecule has 0 unspecified atom stereocenters. The first-order chi connectivity index (χ1) is 12.5. The van der Waals surface area contributed by atoms with Crippen molar-refractivity contribution in [2.24, 2.45) is 0 Å². The van der Waals surface area contributed by atoms with Crippen LogP contribution in [-0.2, 0) is 15.3 Å². The maximum atomic E-state index is 12.1. The molecule has 0 radical (unpaired) electrons. The molecule has 8 heteroatoms. The fraction of sp³-hybridized carbons (Fsp3) is 0.167. The zero-order valence-corrected chi connectivity index (χ0v) is 16.3. The van der Waals surface area contributed by atoms with Gasteiger partial charge < -0.3 is 10.6 Å². The van der Waals surface area contributed by atoms with Crippen LogP contribution in [-0.4, -0.2) is 22.6 Å². The number of halogens is 1. The molecule has 2 N–H and O–H groups in total. The van der Waals surface area contributed by atoms with Crippen LogP contribution in [0.25, 0.3) is 10.2 Å². The van der Waals surface area contributed by atoms with Crippen molar-refractivity contribution in [3.05, 3.63) is 52.5 Å². The Morgan fingerprint density at radius 3 is 2.73 bits per heavy atom. The van der Waals surface area contributed by atoms with Crippen LogP contribution >= 0.6 is 34.7 Å². The molecule has 0 aliphatic heterocycles. The third kappa shape index (κ3) is 4.97. The molecule has 0 atom stereocenters. The maximum Gasteiger partial charge on any atom is 0.234 e. The number of amides is 2. The Labute approximate surface area is 164 Å². The second kappa shape index (κ2) is 8.53. The number of aromatic nitrogens is 1. The maximum absolute atomic E-state index is 12.1. The van der Waals surface area contributed by atoms with Gasteiger partial charge in [0, 0.05) is 18.4 Å². The summed E-state index contributed by atoms with van der Waals surface area (Å²) in [5, 5.41) is 6.80. The third-order valence-electron chi connectivity index (χ3n) is 3.36. The number of hydrogen-bond donors (Lipinski definition) is 2. The Hall–Kier alpha value is -2.09. The Bertz CT molecular complexity index is 926. The zero-order valence-electron chi connectivity index (χ0n) is 13.9. The van der Waals surface area contributed by atoms with E-state index in [4.69, 9.17) is 11.6 Å². The number of rotatable bonds is 6. The van der Waals surface area contributed by atoms with Crippen molar-refractivity contribution in [1.82, 2.24) is 4.98 Å². The summed E-state index contributed by atoms with van der Waals surface area (Å²) in [6.45, 7) is 1.42. The van der Waals surface area contributed by atoms with E-state index in [-0.39, 0.29) is 11.8 Å². The summed E-state index contributed by atoms with van der Waals surface area (Å²) in [6.07, 6.45) is 0. The highest BCUT2D eigenvalue weighted by atomic mass is 35.5. The minimum Gasteiger partial charge on any atom is -0.326 e. The standard InChI is InChI=1S/C18H16ClN3O2S2/c1-11(23)20-12-6-7-14(13(19)8-12)21-17(24)9-25-10-18-22-15-4-2-3-5-16(15)26-18/h2-8H,9-10H2,1H3,(H,20,23)(H,21,24). The Kier molecular flexibility index (Phi) is 6.13. The lowest BCUT2D eigenvalue weighted by Gasteiger charge is -2.09. The number of carbonyl (C=O) groups is 2. The molecule has 5 nitrogen and oxygen atoms in total. The number of thiazole rings is 1. The summed E-state index contributed by atoms with van der Waals surface area (Å²) in [5.41, 5.74) is 2.10. The predicted octanol–water partition coefficient (Wildman–Crippen LogP) is 4.78. The molecule has 0 spiro atoms. The third-order valence-corrected chi connectivity index (χ3v) is 5.84. The van der Waals surface area contributed by atoms with Crippen molar-refractivity contribution in [2.75, 3.05) is 16.4 Å². The van der Waals surface area contributed by atoms with Crippen LogP contribution < -0.4 is 10.6 Å². The summed E-state index contributed by atoms with van der Waals surface area (Å²) in [5.74, 6) is 0.677. The lowest BCUT2D eigenvalue weighted by Crippen LogP contribution is -2.14. The molecule has 0 saturated carbocycles. The minimum atomic E-state index is -0.177. The van der Waals surface area contributed by atoms with Gasteiger partial charge in [-0.1, -0.05) is 23.7 Å². The molecule has 134 valence electrons. The van der Waals surface area contributed by atoms with Gasteiger partial charge in [-0.05, 0) is 30.3 Å². The summed E-state index contributed by atoms with van der Waals surface area (Å²) in [6, 6.07) is 13.0. The van der Waals surface area contributed by atoms with E-state index < -0.39 is 0 Å². The zero-order chi connectivity index (χ0) is 18.5. The molecule has 0 bridgehead atoms. The van der Waals surface area contributed by atoms with Crippen LogP contribution in [0.2, 0.25) is 5.02 Å². The number of carbonyl (C=O) groups excluding carboxylic acids is 2. The molecule has 0 saturated heterocycles. The average molecular weight is 406 g/mol. The largest absolute Gasteiger partial charge is 0.326 e. The van der Waals surface area contributed by atoms with Crippen molar-refractivity contribution in [3.63, 3.8) is 0 Å². The van der Waals surface area contributed by atoms with Crippen molar-refractivity contribution in [2.45, 2.75) is 12.7 Å². The van der Waals surface area contributed by atoms with Gasteiger partial charge in [0.2, 0.25) is 11.8 Å². The van der Waals surface area contributed by atoms with Gasteiger partial charge in [0.05, 0.1) is 26.7 Å². The topological polar surface area (TPSA) is 71.1 Å². The number of para-hydroxylation sites is 1. The molecule has 2 aromatic carbocycles. The predicted molar refractivity (Wildman–Crippen MR) is 110 cm³/mol. The van der Waals surface area contributed by atoms with E-state index in [0.717, 1.165) is 15.2 Å². The molecule has 3 aromatic rings. The smallest absolute Gasteiger partial charge is 0.234 e. The number of hydrogen-bond acceptors (Lipinski definition) is 5. The Morgan fingerprint density at radius 1 is 1.19 bits per heavy atom. The van der Waals surface area contributed by atoms with Gasteiger partial charge in [-0.25, -0.2) is 4.98 Å². The van der Waals surface area contributed by atoms with Gasteiger partial charge in [-0.15, -0.1) is 23.1 Å². The summed E-state index contributed by atoms with van der Waals surface area (Å²) >= 11 is 9.30. The van der Waals surface area contributed by atoms with Crippen molar-refractivity contribution in [1.29, 1.82) is 0 Å². The first kappa shape index (κ1) is 18.7. The SMILES string of the molecule is CC(=O)Nc1ccc(NC(=O)CSCc2nc3ccccc3s2)c(Cl)c1. The normalized spacial score (nSPS) is 10.7. The fourth-order valence-electron chi connectivity index (χ4n) is 2.30. The van der Waals surface area contributed by atoms with E-state index in [9.17, 15) is 9.59 Å². The van der Waals surface area contributed by atoms with Crippen molar-refractivity contribution >= 4 is 68.1 Å². The summed E-state index contributed by atoms with van der Waals surface area (Å²) in [7, 11) is 0. The van der Waals surface area contributed by atoms with Gasteiger partial charge in [-0.3, -0.25) is 9.59 Å². The molecule has 0 aliphatic rings. The van der Waals surface area contributed by atoms with Gasteiger partial charge in [0.1, 0.15) is 5.01 Å². The molecular formula is C18H16ClN3O2S2. The highest BCUT2D eigenvalue weighted by molar-refractivity contribution is 7.99. The average Bonchev–Trinajstić information content (AvgIpc) is 2.99. The van der Waals surface area contributed by atoms with E-state index in [1.54, 1.807) is 29.5 Å². The molecule has 3 rings (SSSR count). The number of benzene rings is 2. The van der Waals surface area contributed by atoms with Crippen LogP contribution in [0, 0.1) is 0 Å². The Balaban J connectivity index is 1.51. The first-order valence-corrected chi connectivity index (χ1v) is 10.2. The number of thioether (sulfide) groups is 1. The minimum absolute atomic E-state index is 0.134. The quantitative estimate of drug-likeness (QED) is 0.619. The van der Waals surface area contributed by atoms with E-state index in [1.165, 1.54) is 18.7 Å². The fourth-order valence-corrected chi connectivity index (χ4v) is 4.37. The number of anilines is 2. The molecule has 2 amide bonds. The number of nitrogens with zero attached hydrogens (tertiary/aromatic N) is 1. The molecule has 0 fully saturated rings. The molecule has 1 heterocycles. The number of fused-ring (bicyclic) bond motifs is 1. The van der Waals surface area contributed by atoms with Crippen LogP contribution in [0.5, 0.6) is 0 Å². The van der Waals surface area contributed by atoms with Gasteiger partial charge >= 0.3 is 0 Å². The van der Waals surface area contributed by atoms with E-state index >= 15 is 0 Å². The van der Waals surface area contributed by atoms with Crippen molar-refractivity contribution < 1.29 is 9.59 Å². The van der Waals surface area contributed by atoms with Crippen LogP contribution in [0.1, 0.15) is 11.9 Å². The van der Waals surface area contributed by atoms with Crippen LogP contribution in [0.15, 0.2) is 42.5 Å². The second-order valence-electron chi connectivity index (χ2n) is 5.49. The van der Waals surface area contributed by atoms with E-state index in [0.29, 0.717) is 27.9 Å². The van der Waals surface area contributed by atoms with Crippen LogP contribution in [0.3, 0.4) is 0 Å². The van der Waals surface area contributed by atoms with E-state index in [2.05, 4.69) is 15.6 Å². The second-order valence-corrected chi connectivity index (χ2v) is 8.00. The highest BCUT2D eigenvalue weighted by Crippen LogP contribution is 2.27. The summed E-state index contributed by atoms with van der Waals surface area (Å²) < 4.78 is 1.15. The van der Waals surface area contributed by atoms with Gasteiger partial charge in [0.15, 0.2) is 0 Å². The first-order valence-electron chi connectivity index (χ1n) is 7.80. The Morgan fingerprint density at radius 2 is 2.00 bits per heavy atom. The van der Waals surface area contributed by atoms with Gasteiger partial charge in [-0.2, -0.15) is 0 Å². The monoisotopic (exact) mass is 405 g/mol. The van der Waals surface area contributed by atoms with Crippen LogP contribution in [0.4, 0.5) is 11.4 Å². The lowest BCUT2D eigenvalue weighted by molar-refractivity contribution is -0.114. The van der Waals surface area contributed by atoms with Gasteiger partial charge in [0.25, 0.3) is 0 Å². The van der Waals surface area contributed by atoms with E-state index in [1.807, 2.05) is 24.3 Å². The lowest BCUT2D eigenvalue weighted by atomic mass is 10.2. The summed E-state index contributed by atoms with van der Waals surface area (Å²) in [4.78, 5) is 27.7. The molecule has 0 aliphatic carbocycles. The highest BCUT2D eigenvalue weighted by Gasteiger charge is 2.09. The molecule has 26 heavy (non-hydrogen) atoms. The number of nitrogens with one attached hydrogen (secondary N) is 2. The van der Waals surface area contributed by atoms with Crippen molar-refractivity contribution in [3.8, 4) is 0 Å². The molecule has 1 aromatic heterocycles.